The number of nitrogens with one attached hydrogen (secondary N) is 1. The van der Waals surface area contributed by atoms with E-state index in [1.807, 2.05) is 18.2 Å². The minimum Gasteiger partial charge on any atom is -0.493 e. The number of rotatable bonds is 6. The van der Waals surface area contributed by atoms with E-state index < -0.39 is 0 Å². The molecular weight excluding hydrogens is 320 g/mol. The van der Waals surface area contributed by atoms with Crippen LogP contribution in [0.2, 0.25) is 0 Å². The number of methoxy groups -OCH3 is 1. The molecule has 0 spiro atoms. The van der Waals surface area contributed by atoms with E-state index in [0.717, 1.165) is 23.5 Å². The first-order valence-corrected chi connectivity index (χ1v) is 8.38. The van der Waals surface area contributed by atoms with Crippen molar-refractivity contribution in [2.24, 2.45) is 5.92 Å². The van der Waals surface area contributed by atoms with E-state index in [4.69, 9.17) is 9.47 Å². The molecule has 0 aliphatic carbocycles. The maximum atomic E-state index is 12.0. The van der Waals surface area contributed by atoms with Crippen LogP contribution < -0.4 is 20.3 Å². The molecule has 0 saturated carbocycles. The van der Waals surface area contributed by atoms with Crippen molar-refractivity contribution < 1.29 is 14.3 Å². The van der Waals surface area contributed by atoms with Crippen molar-refractivity contribution in [2.45, 2.75) is 19.4 Å². The number of hydrogen-bond acceptors (Lipinski definition) is 4. The fourth-order valence-electron chi connectivity index (χ4n) is 2.96. The molecule has 1 aliphatic rings. The van der Waals surface area contributed by atoms with Gasteiger partial charge in [-0.25, -0.2) is 0 Å². The molecule has 1 aliphatic heterocycles. The molecule has 3 rings (SSSR count). The zero-order valence-corrected chi connectivity index (χ0v) is 14.2. The molecule has 0 saturated heterocycles. The first kappa shape index (κ1) is 17.1. The molecule has 0 bridgehead atoms. The van der Waals surface area contributed by atoms with Crippen molar-refractivity contribution in [3.63, 3.8) is 0 Å². The van der Waals surface area contributed by atoms with Gasteiger partial charge in [0.05, 0.1) is 13.7 Å². The molecule has 0 unspecified atom stereocenters. The molecule has 1 N–H and O–H groups in total. The molecule has 0 radical (unpaired) electrons. The van der Waals surface area contributed by atoms with Crippen molar-refractivity contribution in [1.82, 2.24) is 9.88 Å². The summed E-state index contributed by atoms with van der Waals surface area (Å²) < 4.78 is 12.7. The van der Waals surface area contributed by atoms with E-state index in [2.05, 4.69) is 5.32 Å². The molecule has 1 atom stereocenters. The molecular formula is C19H22N2O4. The van der Waals surface area contributed by atoms with Gasteiger partial charge in [0.25, 0.3) is 5.56 Å². The third kappa shape index (κ3) is 4.21. The molecule has 6 nitrogen and oxygen atoms in total. The lowest BCUT2D eigenvalue weighted by Gasteiger charge is -2.26. The number of benzene rings is 1. The third-order valence-electron chi connectivity index (χ3n) is 4.32. The highest BCUT2D eigenvalue weighted by atomic mass is 16.5. The largest absolute Gasteiger partial charge is 0.493 e. The summed E-state index contributed by atoms with van der Waals surface area (Å²) in [5, 5.41) is 2.94. The van der Waals surface area contributed by atoms with Gasteiger partial charge < -0.3 is 19.4 Å². The van der Waals surface area contributed by atoms with Crippen LogP contribution >= 0.6 is 0 Å². The zero-order chi connectivity index (χ0) is 17.6. The topological polar surface area (TPSA) is 69.6 Å². The summed E-state index contributed by atoms with van der Waals surface area (Å²) in [6, 6.07) is 10.8. The Balaban J connectivity index is 1.48. The lowest BCUT2D eigenvalue weighted by Crippen LogP contribution is -2.35. The van der Waals surface area contributed by atoms with Gasteiger partial charge in [-0.3, -0.25) is 9.59 Å². The van der Waals surface area contributed by atoms with Crippen LogP contribution in [0.4, 0.5) is 0 Å². The number of carbonyl (C=O) groups is 1. The zero-order valence-electron chi connectivity index (χ0n) is 14.2. The first-order chi connectivity index (χ1) is 12.2. The molecule has 2 heterocycles. The summed E-state index contributed by atoms with van der Waals surface area (Å²) in [6.07, 6.45) is 2.81. The van der Waals surface area contributed by atoms with Gasteiger partial charge in [-0.2, -0.15) is 0 Å². The number of aromatic nitrogens is 1. The fraction of sp³-hybridized carbons (Fsp3) is 0.368. The van der Waals surface area contributed by atoms with Gasteiger partial charge in [-0.05, 0) is 24.1 Å². The Morgan fingerprint density at radius 1 is 1.32 bits per heavy atom. The van der Waals surface area contributed by atoms with Crippen LogP contribution in [0.25, 0.3) is 0 Å². The van der Waals surface area contributed by atoms with Crippen LogP contribution in [0.1, 0.15) is 12.0 Å². The average Bonchev–Trinajstić information content (AvgIpc) is 2.65. The SMILES string of the molecule is COc1cccc2c1OC[C@@H](CNC(=O)CCn1ccccc1=O)C2. The normalized spacial score (nSPS) is 15.8. The Morgan fingerprint density at radius 3 is 3.00 bits per heavy atom. The minimum absolute atomic E-state index is 0.0628. The lowest BCUT2D eigenvalue weighted by atomic mass is 9.96. The van der Waals surface area contributed by atoms with E-state index >= 15 is 0 Å². The van der Waals surface area contributed by atoms with Crippen LogP contribution in [0.3, 0.4) is 0 Å². The van der Waals surface area contributed by atoms with Crippen molar-refractivity contribution >= 4 is 5.91 Å². The third-order valence-corrected chi connectivity index (χ3v) is 4.32. The maximum Gasteiger partial charge on any atom is 0.250 e. The number of para-hydroxylation sites is 1. The quantitative estimate of drug-likeness (QED) is 0.866. The number of pyridine rings is 1. The fourth-order valence-corrected chi connectivity index (χ4v) is 2.96. The summed E-state index contributed by atoms with van der Waals surface area (Å²) in [4.78, 5) is 23.6. The van der Waals surface area contributed by atoms with Crippen LogP contribution in [-0.4, -0.2) is 30.7 Å². The van der Waals surface area contributed by atoms with Gasteiger partial charge in [0.15, 0.2) is 11.5 Å². The van der Waals surface area contributed by atoms with E-state index in [1.54, 1.807) is 25.4 Å². The molecule has 132 valence electrons. The molecule has 2 aromatic rings. The average molecular weight is 342 g/mol. The summed E-state index contributed by atoms with van der Waals surface area (Å²) in [5.74, 6) is 1.71. The summed E-state index contributed by atoms with van der Waals surface area (Å²) in [7, 11) is 1.63. The summed E-state index contributed by atoms with van der Waals surface area (Å²) >= 11 is 0. The number of amides is 1. The van der Waals surface area contributed by atoms with Gasteiger partial charge in [0.2, 0.25) is 5.91 Å². The Hall–Kier alpha value is -2.76. The molecule has 1 amide bonds. The number of aryl methyl sites for hydroxylation is 1. The van der Waals surface area contributed by atoms with Crippen LogP contribution in [0, 0.1) is 5.92 Å². The highest BCUT2D eigenvalue weighted by molar-refractivity contribution is 5.75. The molecule has 6 heteroatoms. The number of ether oxygens (including phenoxy) is 2. The van der Waals surface area contributed by atoms with Gasteiger partial charge in [-0.1, -0.05) is 18.2 Å². The summed E-state index contributed by atoms with van der Waals surface area (Å²) in [5.41, 5.74) is 1.00. The first-order valence-electron chi connectivity index (χ1n) is 8.38. The Labute approximate surface area is 146 Å². The highest BCUT2D eigenvalue weighted by Crippen LogP contribution is 2.35. The van der Waals surface area contributed by atoms with Gasteiger partial charge in [0.1, 0.15) is 0 Å². The van der Waals surface area contributed by atoms with Gasteiger partial charge in [-0.15, -0.1) is 0 Å². The van der Waals surface area contributed by atoms with Crippen LogP contribution in [0.5, 0.6) is 11.5 Å². The molecule has 0 fully saturated rings. The van der Waals surface area contributed by atoms with E-state index in [0.29, 0.717) is 19.7 Å². The van der Waals surface area contributed by atoms with Crippen molar-refractivity contribution in [3.8, 4) is 11.5 Å². The standard InChI is InChI=1S/C19H22N2O4/c1-24-16-6-4-5-15-11-14(13-25-19(15)16)12-20-17(22)8-10-21-9-3-2-7-18(21)23/h2-7,9,14H,8,10-13H2,1H3,(H,20,22)/t14-/m1/s1. The van der Waals surface area contributed by atoms with E-state index in [1.165, 1.54) is 10.6 Å². The maximum absolute atomic E-state index is 12.0. The van der Waals surface area contributed by atoms with Crippen molar-refractivity contribution in [2.75, 3.05) is 20.3 Å². The Kier molecular flexibility index (Phi) is 5.38. The molecule has 25 heavy (non-hydrogen) atoms. The number of nitrogens with zero attached hydrogens (tertiary/aromatic N) is 1. The highest BCUT2D eigenvalue weighted by Gasteiger charge is 2.22. The Morgan fingerprint density at radius 2 is 2.20 bits per heavy atom. The smallest absolute Gasteiger partial charge is 0.250 e. The van der Waals surface area contributed by atoms with Gasteiger partial charge in [0, 0.05) is 37.7 Å². The van der Waals surface area contributed by atoms with Crippen molar-refractivity contribution in [3.05, 3.63) is 58.5 Å². The predicted octanol–water partition coefficient (Wildman–Crippen LogP) is 1.61. The van der Waals surface area contributed by atoms with Gasteiger partial charge >= 0.3 is 0 Å². The van der Waals surface area contributed by atoms with Crippen LogP contribution in [-0.2, 0) is 17.8 Å². The predicted molar refractivity (Wildman–Crippen MR) is 94.0 cm³/mol. The summed E-state index contributed by atoms with van der Waals surface area (Å²) in [6.45, 7) is 1.48. The lowest BCUT2D eigenvalue weighted by molar-refractivity contribution is -0.121. The number of fused-ring (bicyclic) bond motifs is 1. The van der Waals surface area contributed by atoms with E-state index in [-0.39, 0.29) is 23.8 Å². The second-order valence-electron chi connectivity index (χ2n) is 6.12. The Bertz CT molecular complexity index is 800. The van der Waals surface area contributed by atoms with E-state index in [9.17, 15) is 9.59 Å². The molecule has 1 aromatic heterocycles. The van der Waals surface area contributed by atoms with Crippen molar-refractivity contribution in [1.29, 1.82) is 0 Å². The number of hydrogen-bond donors (Lipinski definition) is 1. The second kappa shape index (κ2) is 7.88. The minimum atomic E-state index is -0.0958. The number of carbonyl (C=O) groups excluding carboxylic acids is 1. The van der Waals surface area contributed by atoms with Crippen LogP contribution in [0.15, 0.2) is 47.4 Å². The second-order valence-corrected chi connectivity index (χ2v) is 6.12. The molecule has 1 aromatic carbocycles. The monoisotopic (exact) mass is 342 g/mol.